The van der Waals surface area contributed by atoms with E-state index >= 15 is 0 Å². The van der Waals surface area contributed by atoms with Crippen LogP contribution in [0.15, 0.2) is 41.8 Å². The molecule has 2 unspecified atom stereocenters. The number of rotatable bonds is 6. The fraction of sp³-hybridized carbons (Fsp3) is 0.412. The third-order valence-corrected chi connectivity index (χ3v) is 4.39. The van der Waals surface area contributed by atoms with E-state index in [1.807, 2.05) is 12.1 Å². The van der Waals surface area contributed by atoms with E-state index in [1.54, 1.807) is 11.3 Å². The van der Waals surface area contributed by atoms with Crippen molar-refractivity contribution in [1.29, 1.82) is 0 Å². The fourth-order valence-corrected chi connectivity index (χ4v) is 3.37. The lowest BCUT2D eigenvalue weighted by Gasteiger charge is -2.26. The Morgan fingerprint density at radius 1 is 1.10 bits per heavy atom. The number of benzene rings is 1. The predicted molar refractivity (Wildman–Crippen MR) is 84.6 cm³/mol. The minimum Gasteiger partial charge on any atom is -0.306 e. The molecule has 1 aromatic heterocycles. The van der Waals surface area contributed by atoms with Gasteiger partial charge < -0.3 is 5.32 Å². The molecule has 3 heteroatoms. The van der Waals surface area contributed by atoms with Crippen molar-refractivity contribution >= 4 is 11.3 Å². The van der Waals surface area contributed by atoms with Crippen molar-refractivity contribution in [3.63, 3.8) is 0 Å². The summed E-state index contributed by atoms with van der Waals surface area (Å²) in [4.78, 5) is 1.38. The Hall–Kier alpha value is -1.19. The maximum absolute atomic E-state index is 12.9. The van der Waals surface area contributed by atoms with Gasteiger partial charge in [0.15, 0.2) is 0 Å². The topological polar surface area (TPSA) is 12.0 Å². The van der Waals surface area contributed by atoms with Gasteiger partial charge in [0.05, 0.1) is 0 Å². The molecule has 0 bridgehead atoms. The van der Waals surface area contributed by atoms with Crippen molar-refractivity contribution < 1.29 is 4.39 Å². The van der Waals surface area contributed by atoms with Crippen LogP contribution in [0.1, 0.15) is 37.3 Å². The standard InChI is InChI=1S/C17H22FNS/c1-12(2)17(16-5-4-10-20-16)19-13(3)11-14-6-8-15(18)9-7-14/h4-10,12-13,17,19H,11H2,1-3H3. The van der Waals surface area contributed by atoms with Gasteiger partial charge in [-0.2, -0.15) is 0 Å². The smallest absolute Gasteiger partial charge is 0.123 e. The first-order chi connectivity index (χ1) is 9.56. The Morgan fingerprint density at radius 2 is 1.80 bits per heavy atom. The van der Waals surface area contributed by atoms with Crippen LogP contribution in [-0.2, 0) is 6.42 Å². The molecular weight excluding hydrogens is 269 g/mol. The normalized spacial score (nSPS) is 14.4. The summed E-state index contributed by atoms with van der Waals surface area (Å²) in [5.74, 6) is 0.373. The lowest BCUT2D eigenvalue weighted by molar-refractivity contribution is 0.373. The number of nitrogens with one attached hydrogen (secondary N) is 1. The van der Waals surface area contributed by atoms with Crippen molar-refractivity contribution in [2.24, 2.45) is 5.92 Å². The molecule has 0 aliphatic heterocycles. The molecule has 1 N–H and O–H groups in total. The monoisotopic (exact) mass is 291 g/mol. The third kappa shape index (κ3) is 4.15. The number of hydrogen-bond acceptors (Lipinski definition) is 2. The van der Waals surface area contributed by atoms with Gasteiger partial charge in [-0.05, 0) is 48.4 Å². The van der Waals surface area contributed by atoms with Gasteiger partial charge in [-0.15, -0.1) is 11.3 Å². The second-order valence-corrected chi connectivity index (χ2v) is 6.61. The third-order valence-electron chi connectivity index (χ3n) is 3.44. The van der Waals surface area contributed by atoms with Crippen molar-refractivity contribution in [2.45, 2.75) is 39.3 Å². The van der Waals surface area contributed by atoms with E-state index in [0.717, 1.165) is 6.42 Å². The van der Waals surface area contributed by atoms with Gasteiger partial charge in [0.25, 0.3) is 0 Å². The van der Waals surface area contributed by atoms with E-state index in [9.17, 15) is 4.39 Å². The number of hydrogen-bond donors (Lipinski definition) is 1. The predicted octanol–water partition coefficient (Wildman–Crippen LogP) is 4.81. The fourth-order valence-electron chi connectivity index (χ4n) is 2.41. The summed E-state index contributed by atoms with van der Waals surface area (Å²) >= 11 is 1.80. The highest BCUT2D eigenvalue weighted by Crippen LogP contribution is 2.26. The second kappa shape index (κ2) is 7.00. The van der Waals surface area contributed by atoms with Crippen LogP contribution in [0.2, 0.25) is 0 Å². The molecule has 0 spiro atoms. The van der Waals surface area contributed by atoms with E-state index in [-0.39, 0.29) is 5.82 Å². The maximum Gasteiger partial charge on any atom is 0.123 e. The van der Waals surface area contributed by atoms with E-state index in [0.29, 0.717) is 18.0 Å². The van der Waals surface area contributed by atoms with Crippen LogP contribution < -0.4 is 5.32 Å². The maximum atomic E-state index is 12.9. The van der Waals surface area contributed by atoms with Crippen LogP contribution in [0.5, 0.6) is 0 Å². The molecule has 2 rings (SSSR count). The summed E-state index contributed by atoms with van der Waals surface area (Å²) in [6.07, 6.45) is 0.912. The molecule has 0 aliphatic rings. The largest absolute Gasteiger partial charge is 0.306 e. The molecule has 2 aromatic rings. The lowest BCUT2D eigenvalue weighted by atomic mass is 10.00. The zero-order chi connectivity index (χ0) is 14.5. The number of halogens is 1. The van der Waals surface area contributed by atoms with Crippen LogP contribution in [0, 0.1) is 11.7 Å². The first kappa shape index (κ1) is 15.2. The molecule has 0 radical (unpaired) electrons. The lowest BCUT2D eigenvalue weighted by Crippen LogP contribution is -2.34. The van der Waals surface area contributed by atoms with Crippen molar-refractivity contribution in [3.8, 4) is 0 Å². The Labute approximate surface area is 124 Å². The van der Waals surface area contributed by atoms with Gasteiger partial charge in [-0.1, -0.05) is 32.0 Å². The molecule has 0 fully saturated rings. The molecule has 20 heavy (non-hydrogen) atoms. The minimum atomic E-state index is -0.173. The molecular formula is C17H22FNS. The van der Waals surface area contributed by atoms with Crippen LogP contribution in [0.4, 0.5) is 4.39 Å². The Bertz CT molecular complexity index is 504. The molecule has 0 aliphatic carbocycles. The Kier molecular flexibility index (Phi) is 5.32. The van der Waals surface area contributed by atoms with Crippen molar-refractivity contribution in [1.82, 2.24) is 5.32 Å². The highest BCUT2D eigenvalue weighted by atomic mass is 32.1. The summed E-state index contributed by atoms with van der Waals surface area (Å²) in [6, 6.07) is 11.8. The molecule has 1 aromatic carbocycles. The van der Waals surface area contributed by atoms with E-state index in [4.69, 9.17) is 0 Å². The summed E-state index contributed by atoms with van der Waals surface area (Å²) in [5.41, 5.74) is 1.17. The van der Waals surface area contributed by atoms with E-state index in [2.05, 4.69) is 43.6 Å². The van der Waals surface area contributed by atoms with Crippen molar-refractivity contribution in [3.05, 3.63) is 58.0 Å². The van der Waals surface area contributed by atoms with E-state index < -0.39 is 0 Å². The molecule has 1 heterocycles. The molecule has 0 saturated carbocycles. The van der Waals surface area contributed by atoms with Gasteiger partial charge in [0.2, 0.25) is 0 Å². The van der Waals surface area contributed by atoms with Crippen LogP contribution >= 0.6 is 11.3 Å². The van der Waals surface area contributed by atoms with Crippen molar-refractivity contribution in [2.75, 3.05) is 0 Å². The highest BCUT2D eigenvalue weighted by Gasteiger charge is 2.18. The van der Waals surface area contributed by atoms with Crippen LogP contribution in [0.25, 0.3) is 0 Å². The Balaban J connectivity index is 1.98. The Morgan fingerprint density at radius 3 is 2.35 bits per heavy atom. The second-order valence-electron chi connectivity index (χ2n) is 5.64. The average Bonchev–Trinajstić information content (AvgIpc) is 2.92. The summed E-state index contributed by atoms with van der Waals surface area (Å²) in [7, 11) is 0. The van der Waals surface area contributed by atoms with Gasteiger partial charge in [0, 0.05) is 17.0 Å². The first-order valence-corrected chi connectivity index (χ1v) is 7.98. The molecule has 1 nitrogen and oxygen atoms in total. The van der Waals surface area contributed by atoms with Gasteiger partial charge >= 0.3 is 0 Å². The SMILES string of the molecule is CC(Cc1ccc(F)cc1)NC(c1cccs1)C(C)C. The molecule has 0 saturated heterocycles. The number of thiophene rings is 1. The molecule has 2 atom stereocenters. The minimum absolute atomic E-state index is 0.173. The van der Waals surface area contributed by atoms with Gasteiger partial charge in [-0.3, -0.25) is 0 Å². The first-order valence-electron chi connectivity index (χ1n) is 7.10. The zero-order valence-electron chi connectivity index (χ0n) is 12.3. The summed E-state index contributed by atoms with van der Waals surface area (Å²) in [5, 5.41) is 5.82. The van der Waals surface area contributed by atoms with Crippen LogP contribution in [0.3, 0.4) is 0 Å². The highest BCUT2D eigenvalue weighted by molar-refractivity contribution is 7.10. The summed E-state index contributed by atoms with van der Waals surface area (Å²) in [6.45, 7) is 6.66. The van der Waals surface area contributed by atoms with E-state index in [1.165, 1.54) is 22.6 Å². The summed E-state index contributed by atoms with van der Waals surface area (Å²) < 4.78 is 12.9. The average molecular weight is 291 g/mol. The molecule has 108 valence electrons. The zero-order valence-corrected chi connectivity index (χ0v) is 13.1. The van der Waals surface area contributed by atoms with Gasteiger partial charge in [-0.25, -0.2) is 4.39 Å². The van der Waals surface area contributed by atoms with Crippen LogP contribution in [-0.4, -0.2) is 6.04 Å². The molecule has 0 amide bonds. The van der Waals surface area contributed by atoms with Gasteiger partial charge in [0.1, 0.15) is 5.82 Å². The quantitative estimate of drug-likeness (QED) is 0.805.